The predicted octanol–water partition coefficient (Wildman–Crippen LogP) is 4.98. The van der Waals surface area contributed by atoms with Gasteiger partial charge in [-0.2, -0.15) is 10.1 Å². The molecule has 1 N–H and O–H groups in total. The molecule has 3 aromatic carbocycles. The fourth-order valence-electron chi connectivity index (χ4n) is 5.09. The summed E-state index contributed by atoms with van der Waals surface area (Å²) in [7, 11) is 0. The van der Waals surface area contributed by atoms with E-state index in [1.165, 1.54) is 0 Å². The summed E-state index contributed by atoms with van der Waals surface area (Å²) in [4.78, 5) is 31.7. The number of carbonyl (C=O) groups is 2. The van der Waals surface area contributed by atoms with E-state index in [0.717, 1.165) is 76.6 Å². The van der Waals surface area contributed by atoms with E-state index in [9.17, 15) is 9.59 Å². The van der Waals surface area contributed by atoms with Crippen LogP contribution in [0.2, 0.25) is 0 Å². The van der Waals surface area contributed by atoms with Crippen LogP contribution in [-0.4, -0.2) is 72.6 Å². The average molecular weight is 569 g/mol. The Morgan fingerprint density at radius 2 is 1.76 bits per heavy atom. The number of rotatable bonds is 10. The predicted molar refractivity (Wildman–Crippen MR) is 162 cm³/mol. The number of nitrogens with one attached hydrogen (secondary N) is 1. The molecule has 0 spiro atoms. The van der Waals surface area contributed by atoms with Gasteiger partial charge in [0.15, 0.2) is 13.3 Å². The van der Waals surface area contributed by atoms with Gasteiger partial charge in [-0.25, -0.2) is 4.79 Å². The van der Waals surface area contributed by atoms with Crippen molar-refractivity contribution in [2.45, 2.75) is 27.3 Å². The molecule has 5 rings (SSSR count). The molecule has 1 aromatic heterocycles. The van der Waals surface area contributed by atoms with Crippen LogP contribution >= 0.6 is 0 Å². The van der Waals surface area contributed by atoms with Crippen molar-refractivity contribution < 1.29 is 23.8 Å². The lowest BCUT2D eigenvalue weighted by Gasteiger charge is -2.26. The van der Waals surface area contributed by atoms with Gasteiger partial charge in [0.1, 0.15) is 5.75 Å². The van der Waals surface area contributed by atoms with Gasteiger partial charge in [0.05, 0.1) is 25.0 Å². The van der Waals surface area contributed by atoms with Gasteiger partial charge in [0, 0.05) is 42.3 Å². The van der Waals surface area contributed by atoms with Crippen molar-refractivity contribution in [1.82, 2.24) is 14.9 Å². The normalized spacial score (nSPS) is 13.9. The Labute approximate surface area is 245 Å². The third-order valence-electron chi connectivity index (χ3n) is 7.21. The number of carbonyl (C=O) groups excluding carboxylic acids is 2. The summed E-state index contributed by atoms with van der Waals surface area (Å²) < 4.78 is 16.9. The average Bonchev–Trinajstić information content (AvgIpc) is 3.47. The smallest absolute Gasteiger partial charge is 0.339 e. The number of benzene rings is 3. The van der Waals surface area contributed by atoms with Gasteiger partial charge in [0.25, 0.3) is 5.91 Å². The Morgan fingerprint density at radius 1 is 1.02 bits per heavy atom. The SMILES string of the molecule is Cc1cc(C)c(OCC(=O)N(COC(=O)c2ccc(CN3CCOCC3)cc2)/N=C/c2cccc3[nH]ccc23)c(C)c1. The number of aromatic amines is 1. The molecule has 9 nitrogen and oxygen atoms in total. The number of hydrogen-bond donors (Lipinski definition) is 1. The summed E-state index contributed by atoms with van der Waals surface area (Å²) >= 11 is 0. The summed E-state index contributed by atoms with van der Waals surface area (Å²) in [6.07, 6.45) is 3.43. The van der Waals surface area contributed by atoms with Crippen LogP contribution in [0.5, 0.6) is 5.75 Å². The number of amides is 1. The zero-order valence-electron chi connectivity index (χ0n) is 24.3. The molecule has 1 saturated heterocycles. The van der Waals surface area contributed by atoms with Crippen LogP contribution in [0, 0.1) is 20.8 Å². The quantitative estimate of drug-likeness (QED) is 0.125. The van der Waals surface area contributed by atoms with E-state index in [1.54, 1.807) is 18.3 Å². The second-order valence-electron chi connectivity index (χ2n) is 10.5. The highest BCUT2D eigenvalue weighted by molar-refractivity contribution is 5.99. The molecular weight excluding hydrogens is 532 g/mol. The molecule has 1 amide bonds. The zero-order valence-corrected chi connectivity index (χ0v) is 24.3. The second kappa shape index (κ2) is 13.5. The topological polar surface area (TPSA) is 96.5 Å². The van der Waals surface area contributed by atoms with Gasteiger partial charge in [0.2, 0.25) is 0 Å². The van der Waals surface area contributed by atoms with E-state index < -0.39 is 11.9 Å². The van der Waals surface area contributed by atoms with Gasteiger partial charge < -0.3 is 19.2 Å². The number of hydrogen-bond acceptors (Lipinski definition) is 7. The molecule has 4 aromatic rings. The molecule has 0 bridgehead atoms. The van der Waals surface area contributed by atoms with Crippen molar-refractivity contribution >= 4 is 29.0 Å². The third-order valence-corrected chi connectivity index (χ3v) is 7.21. The summed E-state index contributed by atoms with van der Waals surface area (Å²) in [5, 5.41) is 6.49. The van der Waals surface area contributed by atoms with E-state index in [4.69, 9.17) is 14.2 Å². The first-order valence-corrected chi connectivity index (χ1v) is 14.0. The minimum absolute atomic E-state index is 0.260. The molecule has 218 valence electrons. The van der Waals surface area contributed by atoms with Gasteiger partial charge in [-0.1, -0.05) is 42.0 Å². The fraction of sp³-hybridized carbons (Fsp3) is 0.303. The number of aromatic nitrogens is 1. The van der Waals surface area contributed by atoms with Crippen LogP contribution in [0.25, 0.3) is 10.9 Å². The molecule has 1 fully saturated rings. The van der Waals surface area contributed by atoms with Crippen LogP contribution in [0.1, 0.15) is 38.2 Å². The summed E-state index contributed by atoms with van der Waals surface area (Å²) in [6, 6.07) is 19.1. The van der Waals surface area contributed by atoms with E-state index in [0.29, 0.717) is 11.3 Å². The molecule has 0 radical (unpaired) electrons. The number of morpholine rings is 1. The number of esters is 1. The fourth-order valence-corrected chi connectivity index (χ4v) is 5.09. The Bertz CT molecular complexity index is 1550. The Balaban J connectivity index is 1.27. The van der Waals surface area contributed by atoms with Gasteiger partial charge in [-0.05, 0) is 61.7 Å². The van der Waals surface area contributed by atoms with E-state index in [-0.39, 0.29) is 13.3 Å². The molecular formula is C33H36N4O5. The van der Waals surface area contributed by atoms with Crippen LogP contribution < -0.4 is 4.74 Å². The number of fused-ring (bicyclic) bond motifs is 1. The first kappa shape index (κ1) is 29.0. The monoisotopic (exact) mass is 568 g/mol. The molecule has 0 saturated carbocycles. The molecule has 0 aliphatic carbocycles. The first-order valence-electron chi connectivity index (χ1n) is 14.0. The molecule has 1 aliphatic heterocycles. The van der Waals surface area contributed by atoms with Crippen LogP contribution in [0.15, 0.2) is 72.0 Å². The van der Waals surface area contributed by atoms with Gasteiger partial charge >= 0.3 is 5.97 Å². The third kappa shape index (κ3) is 7.23. The van der Waals surface area contributed by atoms with E-state index in [1.807, 2.05) is 75.5 Å². The second-order valence-corrected chi connectivity index (χ2v) is 10.5. The van der Waals surface area contributed by atoms with Crippen LogP contribution in [0.4, 0.5) is 0 Å². The molecule has 42 heavy (non-hydrogen) atoms. The Hall–Kier alpha value is -4.47. The lowest BCUT2D eigenvalue weighted by atomic mass is 10.1. The number of nitrogens with zero attached hydrogens (tertiary/aromatic N) is 3. The number of aryl methyl sites for hydroxylation is 3. The number of ether oxygens (including phenoxy) is 3. The van der Waals surface area contributed by atoms with Crippen molar-refractivity contribution in [1.29, 1.82) is 0 Å². The maximum atomic E-state index is 13.3. The minimum Gasteiger partial charge on any atom is -0.483 e. The van der Waals surface area contributed by atoms with Gasteiger partial charge in [-0.15, -0.1) is 0 Å². The van der Waals surface area contributed by atoms with Crippen LogP contribution in [-0.2, 0) is 20.8 Å². The molecule has 9 heteroatoms. The Kier molecular flexibility index (Phi) is 9.31. The first-order chi connectivity index (χ1) is 20.4. The minimum atomic E-state index is -0.542. The number of H-pyrrole nitrogens is 1. The summed E-state index contributed by atoms with van der Waals surface area (Å²) in [6.45, 7) is 9.33. The molecule has 0 atom stereocenters. The summed E-state index contributed by atoms with van der Waals surface area (Å²) in [5.41, 5.74) is 6.28. The number of hydrazone groups is 1. The maximum absolute atomic E-state index is 13.3. The Morgan fingerprint density at radius 3 is 2.50 bits per heavy atom. The van der Waals surface area contributed by atoms with E-state index >= 15 is 0 Å². The highest BCUT2D eigenvalue weighted by Gasteiger charge is 2.18. The standard InChI is InChI=1S/C33H36N4O5/c1-23-17-24(2)32(25(3)18-23)41-21-31(38)37(35-19-28-5-4-6-30-29(28)11-12-34-30)22-42-33(39)27-9-7-26(8-10-27)20-36-13-15-40-16-14-36/h4-12,17-19,34H,13-16,20-22H2,1-3H3/b35-19+. The lowest BCUT2D eigenvalue weighted by molar-refractivity contribution is -0.137. The zero-order chi connectivity index (χ0) is 29.5. The van der Waals surface area contributed by atoms with Crippen molar-refractivity contribution in [3.63, 3.8) is 0 Å². The molecule has 0 unspecified atom stereocenters. The lowest BCUT2D eigenvalue weighted by Crippen LogP contribution is -2.35. The van der Waals surface area contributed by atoms with E-state index in [2.05, 4.69) is 15.0 Å². The molecule has 2 heterocycles. The largest absolute Gasteiger partial charge is 0.483 e. The van der Waals surface area contributed by atoms with Gasteiger partial charge in [-0.3, -0.25) is 9.69 Å². The highest BCUT2D eigenvalue weighted by atomic mass is 16.5. The maximum Gasteiger partial charge on any atom is 0.339 e. The highest BCUT2D eigenvalue weighted by Crippen LogP contribution is 2.24. The molecule has 1 aliphatic rings. The van der Waals surface area contributed by atoms with Crippen molar-refractivity contribution in [3.8, 4) is 5.75 Å². The van der Waals surface area contributed by atoms with Crippen molar-refractivity contribution in [2.75, 3.05) is 39.6 Å². The van der Waals surface area contributed by atoms with Crippen molar-refractivity contribution in [2.24, 2.45) is 5.10 Å². The van der Waals surface area contributed by atoms with Crippen molar-refractivity contribution in [3.05, 3.63) is 100 Å². The summed E-state index contributed by atoms with van der Waals surface area (Å²) in [5.74, 6) is -0.329. The van der Waals surface area contributed by atoms with Crippen LogP contribution in [0.3, 0.4) is 0 Å².